The molecule has 0 bridgehead atoms. The molecule has 1 amide bonds. The van der Waals surface area contributed by atoms with Crippen molar-refractivity contribution in [2.45, 2.75) is 27.2 Å². The van der Waals surface area contributed by atoms with Gasteiger partial charge in [-0.05, 0) is 24.8 Å². The second kappa shape index (κ2) is 5.55. The van der Waals surface area contributed by atoms with Gasteiger partial charge < -0.3 is 4.90 Å². The summed E-state index contributed by atoms with van der Waals surface area (Å²) in [6.07, 6.45) is 0.582. The Balaban J connectivity index is 2.02. The second-order valence-electron chi connectivity index (χ2n) is 5.78. The standard InChI is InChI=1S/C16H21NO2/c1-11(2)14-8-16(19)17(9-14)10-15(18)13-6-4-5-12(3)7-13/h4-7,11,14H,8-10H2,1-3H3. The number of hydrogen-bond acceptors (Lipinski definition) is 2. The molecule has 0 aliphatic carbocycles. The number of aryl methyl sites for hydroxylation is 1. The predicted molar refractivity (Wildman–Crippen MR) is 75.0 cm³/mol. The fraction of sp³-hybridized carbons (Fsp3) is 0.500. The molecule has 102 valence electrons. The molecular weight excluding hydrogens is 238 g/mol. The molecule has 2 rings (SSSR count). The van der Waals surface area contributed by atoms with Gasteiger partial charge in [0, 0.05) is 18.5 Å². The van der Waals surface area contributed by atoms with Crippen molar-refractivity contribution >= 4 is 11.7 Å². The molecule has 1 aliphatic heterocycles. The van der Waals surface area contributed by atoms with Gasteiger partial charge in [-0.15, -0.1) is 0 Å². The fourth-order valence-electron chi connectivity index (χ4n) is 2.49. The van der Waals surface area contributed by atoms with Crippen molar-refractivity contribution in [2.75, 3.05) is 13.1 Å². The van der Waals surface area contributed by atoms with Gasteiger partial charge in [0.05, 0.1) is 6.54 Å². The van der Waals surface area contributed by atoms with Crippen LogP contribution in [0.5, 0.6) is 0 Å². The van der Waals surface area contributed by atoms with Crippen LogP contribution in [0.1, 0.15) is 36.2 Å². The van der Waals surface area contributed by atoms with E-state index in [-0.39, 0.29) is 18.2 Å². The summed E-state index contributed by atoms with van der Waals surface area (Å²) in [7, 11) is 0. The van der Waals surface area contributed by atoms with Gasteiger partial charge in [-0.25, -0.2) is 0 Å². The average Bonchev–Trinajstić information content (AvgIpc) is 2.71. The molecule has 1 fully saturated rings. The Morgan fingerprint density at radius 3 is 2.74 bits per heavy atom. The van der Waals surface area contributed by atoms with Crippen LogP contribution in [-0.4, -0.2) is 29.7 Å². The first-order chi connectivity index (χ1) is 8.97. The van der Waals surface area contributed by atoms with Crippen LogP contribution in [0.4, 0.5) is 0 Å². The number of amides is 1. The van der Waals surface area contributed by atoms with Gasteiger partial charge in [0.15, 0.2) is 5.78 Å². The molecule has 0 N–H and O–H groups in total. The molecule has 0 aromatic heterocycles. The number of benzene rings is 1. The van der Waals surface area contributed by atoms with E-state index >= 15 is 0 Å². The van der Waals surface area contributed by atoms with Crippen molar-refractivity contribution in [3.8, 4) is 0 Å². The molecule has 1 atom stereocenters. The maximum Gasteiger partial charge on any atom is 0.223 e. The lowest BCUT2D eigenvalue weighted by molar-refractivity contribution is -0.127. The SMILES string of the molecule is Cc1cccc(C(=O)CN2CC(C(C)C)CC2=O)c1. The Morgan fingerprint density at radius 2 is 2.16 bits per heavy atom. The van der Waals surface area contributed by atoms with Crippen molar-refractivity contribution in [3.63, 3.8) is 0 Å². The van der Waals surface area contributed by atoms with E-state index in [4.69, 9.17) is 0 Å². The van der Waals surface area contributed by atoms with Crippen molar-refractivity contribution in [2.24, 2.45) is 11.8 Å². The van der Waals surface area contributed by atoms with E-state index < -0.39 is 0 Å². The number of rotatable bonds is 4. The van der Waals surface area contributed by atoms with Crippen LogP contribution in [0.15, 0.2) is 24.3 Å². The van der Waals surface area contributed by atoms with Crippen molar-refractivity contribution in [1.82, 2.24) is 4.90 Å². The molecular formula is C16H21NO2. The van der Waals surface area contributed by atoms with Gasteiger partial charge in [0.25, 0.3) is 0 Å². The minimum Gasteiger partial charge on any atom is -0.335 e. The van der Waals surface area contributed by atoms with Gasteiger partial charge >= 0.3 is 0 Å². The number of Topliss-reactive ketones (excluding diaryl/α,β-unsaturated/α-hetero) is 1. The number of ketones is 1. The van der Waals surface area contributed by atoms with E-state index in [1.807, 2.05) is 31.2 Å². The molecule has 1 unspecified atom stereocenters. The molecule has 1 heterocycles. The summed E-state index contributed by atoms with van der Waals surface area (Å²) in [4.78, 5) is 25.8. The lowest BCUT2D eigenvalue weighted by Crippen LogP contribution is -2.31. The van der Waals surface area contributed by atoms with Crippen LogP contribution in [0, 0.1) is 18.8 Å². The van der Waals surface area contributed by atoms with E-state index in [2.05, 4.69) is 13.8 Å². The summed E-state index contributed by atoms with van der Waals surface area (Å²) in [5.74, 6) is 1.02. The van der Waals surface area contributed by atoms with Crippen LogP contribution < -0.4 is 0 Å². The van der Waals surface area contributed by atoms with Crippen LogP contribution in [0.3, 0.4) is 0 Å². The molecule has 3 nitrogen and oxygen atoms in total. The largest absolute Gasteiger partial charge is 0.335 e. The minimum atomic E-state index is 0.0291. The lowest BCUT2D eigenvalue weighted by atomic mass is 9.95. The van der Waals surface area contributed by atoms with Crippen LogP contribution in [-0.2, 0) is 4.79 Å². The summed E-state index contributed by atoms with van der Waals surface area (Å²) >= 11 is 0. The topological polar surface area (TPSA) is 37.4 Å². The van der Waals surface area contributed by atoms with Crippen LogP contribution in [0.2, 0.25) is 0 Å². The zero-order valence-corrected chi connectivity index (χ0v) is 11.8. The van der Waals surface area contributed by atoms with Crippen molar-refractivity contribution in [3.05, 3.63) is 35.4 Å². The fourth-order valence-corrected chi connectivity index (χ4v) is 2.49. The molecule has 1 aromatic carbocycles. The highest BCUT2D eigenvalue weighted by Gasteiger charge is 2.32. The number of hydrogen-bond donors (Lipinski definition) is 0. The van der Waals surface area contributed by atoms with Gasteiger partial charge in [-0.3, -0.25) is 9.59 Å². The second-order valence-corrected chi connectivity index (χ2v) is 5.78. The third kappa shape index (κ3) is 3.22. The van der Waals surface area contributed by atoms with E-state index in [0.29, 0.717) is 30.4 Å². The van der Waals surface area contributed by atoms with Crippen molar-refractivity contribution < 1.29 is 9.59 Å². The normalized spacial score (nSPS) is 19.3. The van der Waals surface area contributed by atoms with Crippen molar-refractivity contribution in [1.29, 1.82) is 0 Å². The Bertz CT molecular complexity index is 493. The number of carbonyl (C=O) groups is 2. The first-order valence-corrected chi connectivity index (χ1v) is 6.85. The third-order valence-corrected chi connectivity index (χ3v) is 3.86. The first-order valence-electron chi connectivity index (χ1n) is 6.85. The quantitative estimate of drug-likeness (QED) is 0.780. The summed E-state index contributed by atoms with van der Waals surface area (Å²) in [6.45, 7) is 7.15. The van der Waals surface area contributed by atoms with Crippen LogP contribution in [0.25, 0.3) is 0 Å². The molecule has 1 aromatic rings. The third-order valence-electron chi connectivity index (χ3n) is 3.86. The number of carbonyl (C=O) groups excluding carboxylic acids is 2. The monoisotopic (exact) mass is 259 g/mol. The van der Waals surface area contributed by atoms with Gasteiger partial charge in [-0.1, -0.05) is 37.6 Å². The molecule has 1 saturated heterocycles. The molecule has 19 heavy (non-hydrogen) atoms. The molecule has 0 spiro atoms. The molecule has 3 heteroatoms. The predicted octanol–water partition coefficient (Wildman–Crippen LogP) is 2.68. The van der Waals surface area contributed by atoms with Gasteiger partial charge in [0.2, 0.25) is 5.91 Å². The highest BCUT2D eigenvalue weighted by atomic mass is 16.2. The van der Waals surface area contributed by atoms with E-state index in [1.54, 1.807) is 4.90 Å². The van der Waals surface area contributed by atoms with E-state index in [1.165, 1.54) is 0 Å². The summed E-state index contributed by atoms with van der Waals surface area (Å²) in [5.41, 5.74) is 1.76. The molecule has 1 aliphatic rings. The summed E-state index contributed by atoms with van der Waals surface area (Å²) in [5, 5.41) is 0. The van der Waals surface area contributed by atoms with Crippen LogP contribution >= 0.6 is 0 Å². The van der Waals surface area contributed by atoms with E-state index in [9.17, 15) is 9.59 Å². The smallest absolute Gasteiger partial charge is 0.223 e. The van der Waals surface area contributed by atoms with Gasteiger partial charge in [-0.2, -0.15) is 0 Å². The Labute approximate surface area is 114 Å². The van der Waals surface area contributed by atoms with Gasteiger partial charge in [0.1, 0.15) is 0 Å². The minimum absolute atomic E-state index is 0.0291. The van der Waals surface area contributed by atoms with E-state index in [0.717, 1.165) is 5.56 Å². The Morgan fingerprint density at radius 1 is 1.42 bits per heavy atom. The number of likely N-dealkylation sites (tertiary alicyclic amines) is 1. The number of nitrogens with zero attached hydrogens (tertiary/aromatic N) is 1. The maximum absolute atomic E-state index is 12.2. The average molecular weight is 259 g/mol. The zero-order valence-electron chi connectivity index (χ0n) is 11.8. The first kappa shape index (κ1) is 13.8. The highest BCUT2D eigenvalue weighted by molar-refractivity contribution is 5.99. The Hall–Kier alpha value is -1.64. The highest BCUT2D eigenvalue weighted by Crippen LogP contribution is 2.24. The lowest BCUT2D eigenvalue weighted by Gasteiger charge is -2.17. The zero-order chi connectivity index (χ0) is 14.0. The summed E-state index contributed by atoms with van der Waals surface area (Å²) in [6, 6.07) is 7.54. The molecule has 0 saturated carbocycles. The maximum atomic E-state index is 12.2. The summed E-state index contributed by atoms with van der Waals surface area (Å²) < 4.78 is 0. The Kier molecular flexibility index (Phi) is 4.03. The molecule has 0 radical (unpaired) electrons.